The zero-order valence-electron chi connectivity index (χ0n) is 10.2. The molecule has 1 aromatic carbocycles. The van der Waals surface area contributed by atoms with E-state index in [2.05, 4.69) is 5.32 Å². The summed E-state index contributed by atoms with van der Waals surface area (Å²) in [5, 5.41) is 2.80. The minimum atomic E-state index is -0.601. The Balaban J connectivity index is 2.10. The van der Waals surface area contributed by atoms with E-state index in [1.165, 1.54) is 12.1 Å². The zero-order chi connectivity index (χ0) is 13.1. The summed E-state index contributed by atoms with van der Waals surface area (Å²) < 4.78 is 26.4. The van der Waals surface area contributed by atoms with Crippen molar-refractivity contribution in [3.63, 3.8) is 0 Å². The molecule has 0 spiro atoms. The smallest absolute Gasteiger partial charge is 0.237 e. The number of rotatable bonds is 5. The summed E-state index contributed by atoms with van der Waals surface area (Å²) in [6.07, 6.45) is 1.91. The normalized spacial score (nSPS) is 14.6. The molecule has 1 aliphatic rings. The molecule has 0 heterocycles. The number of benzene rings is 1. The molecule has 2 rings (SSSR count). The van der Waals surface area contributed by atoms with Gasteiger partial charge in [-0.15, -0.1) is 0 Å². The predicted molar refractivity (Wildman–Crippen MR) is 63.9 cm³/mol. The highest BCUT2D eigenvalue weighted by Crippen LogP contribution is 2.28. The Labute approximate surface area is 105 Å². The van der Waals surface area contributed by atoms with E-state index in [1.54, 1.807) is 11.9 Å². The zero-order valence-corrected chi connectivity index (χ0v) is 10.2. The highest BCUT2D eigenvalue weighted by atomic mass is 19.1. The molecule has 0 unspecified atom stereocenters. The van der Waals surface area contributed by atoms with Crippen molar-refractivity contribution in [3.8, 4) is 0 Å². The highest BCUT2D eigenvalue weighted by Gasteiger charge is 2.32. The first-order valence-electron chi connectivity index (χ1n) is 6.00. The molecule has 1 N–H and O–H groups in total. The molecule has 0 atom stereocenters. The molecule has 98 valence electrons. The Morgan fingerprint density at radius 1 is 1.44 bits per heavy atom. The molecule has 3 nitrogen and oxygen atoms in total. The number of hydrogen-bond donors (Lipinski definition) is 1. The lowest BCUT2D eigenvalue weighted by atomic mass is 10.2. The first-order valence-corrected chi connectivity index (χ1v) is 6.00. The molecular formula is C13H16F2N2O. The van der Waals surface area contributed by atoms with Crippen molar-refractivity contribution in [1.82, 2.24) is 10.2 Å². The van der Waals surface area contributed by atoms with E-state index in [4.69, 9.17) is 0 Å². The summed E-state index contributed by atoms with van der Waals surface area (Å²) in [7, 11) is 1.70. The van der Waals surface area contributed by atoms with Crippen LogP contribution >= 0.6 is 0 Å². The van der Waals surface area contributed by atoms with Crippen LogP contribution in [0.2, 0.25) is 0 Å². The summed E-state index contributed by atoms with van der Waals surface area (Å²) >= 11 is 0. The minimum Gasteiger partial charge on any atom is -0.334 e. The minimum absolute atomic E-state index is 0.0521. The van der Waals surface area contributed by atoms with Gasteiger partial charge in [-0.3, -0.25) is 4.79 Å². The summed E-state index contributed by atoms with van der Waals surface area (Å²) in [4.78, 5) is 13.5. The van der Waals surface area contributed by atoms with E-state index in [-0.39, 0.29) is 25.0 Å². The first kappa shape index (κ1) is 13.0. The average Bonchev–Trinajstić information content (AvgIpc) is 3.12. The molecule has 18 heavy (non-hydrogen) atoms. The fourth-order valence-corrected chi connectivity index (χ4v) is 1.89. The van der Waals surface area contributed by atoms with E-state index in [0.717, 1.165) is 18.9 Å². The third kappa shape index (κ3) is 3.04. The third-order valence-corrected chi connectivity index (χ3v) is 2.99. The number of nitrogens with zero attached hydrogens (tertiary/aromatic N) is 1. The molecule has 0 radical (unpaired) electrons. The largest absolute Gasteiger partial charge is 0.334 e. The summed E-state index contributed by atoms with van der Waals surface area (Å²) in [5.41, 5.74) is 0.354. The second-order valence-corrected chi connectivity index (χ2v) is 4.52. The second kappa shape index (κ2) is 5.44. The van der Waals surface area contributed by atoms with Crippen molar-refractivity contribution in [2.45, 2.75) is 25.4 Å². The molecule has 1 aliphatic carbocycles. The van der Waals surface area contributed by atoms with E-state index in [9.17, 15) is 13.6 Å². The number of likely N-dealkylation sites (N-methyl/N-ethyl adjacent to an activating group) is 1. The van der Waals surface area contributed by atoms with Crippen molar-refractivity contribution in [2.75, 3.05) is 13.6 Å². The van der Waals surface area contributed by atoms with Gasteiger partial charge < -0.3 is 10.2 Å². The second-order valence-electron chi connectivity index (χ2n) is 4.52. The molecule has 0 bridgehead atoms. The van der Waals surface area contributed by atoms with Crippen molar-refractivity contribution in [2.24, 2.45) is 0 Å². The van der Waals surface area contributed by atoms with Crippen LogP contribution < -0.4 is 5.32 Å². The lowest BCUT2D eigenvalue weighted by Gasteiger charge is -2.22. The lowest BCUT2D eigenvalue weighted by molar-refractivity contribution is -0.131. The van der Waals surface area contributed by atoms with Crippen molar-refractivity contribution in [3.05, 3.63) is 35.4 Å². The van der Waals surface area contributed by atoms with Crippen LogP contribution in [0.25, 0.3) is 0 Å². The van der Waals surface area contributed by atoms with Crippen LogP contribution in [-0.2, 0) is 11.3 Å². The van der Waals surface area contributed by atoms with Crippen molar-refractivity contribution < 1.29 is 13.6 Å². The van der Waals surface area contributed by atoms with Gasteiger partial charge in [0.05, 0.1) is 6.54 Å². The van der Waals surface area contributed by atoms with E-state index >= 15 is 0 Å². The van der Waals surface area contributed by atoms with Crippen LogP contribution in [0.4, 0.5) is 8.78 Å². The number of hydrogen-bond acceptors (Lipinski definition) is 2. The Morgan fingerprint density at radius 2 is 2.17 bits per heavy atom. The number of amides is 1. The van der Waals surface area contributed by atoms with E-state index in [0.29, 0.717) is 5.56 Å². The van der Waals surface area contributed by atoms with Crippen molar-refractivity contribution in [1.29, 1.82) is 0 Å². The summed E-state index contributed by atoms with van der Waals surface area (Å²) in [6.45, 7) is 0.441. The van der Waals surface area contributed by atoms with Gasteiger partial charge in [-0.2, -0.15) is 0 Å². The first-order chi connectivity index (χ1) is 8.61. The Kier molecular flexibility index (Phi) is 3.91. The van der Waals surface area contributed by atoms with E-state index in [1.807, 2.05) is 0 Å². The SMILES string of the molecule is CNCC(=O)N(Cc1ccc(F)cc1F)C1CC1. The van der Waals surface area contributed by atoms with Gasteiger partial charge in [-0.05, 0) is 26.0 Å². The maximum atomic E-state index is 13.6. The highest BCUT2D eigenvalue weighted by molar-refractivity contribution is 5.78. The van der Waals surface area contributed by atoms with Crippen LogP contribution in [0.15, 0.2) is 18.2 Å². The van der Waals surface area contributed by atoms with Gasteiger partial charge in [0.1, 0.15) is 11.6 Å². The lowest BCUT2D eigenvalue weighted by Crippen LogP contribution is -2.38. The van der Waals surface area contributed by atoms with Gasteiger partial charge in [0, 0.05) is 24.2 Å². The number of nitrogens with one attached hydrogen (secondary N) is 1. The number of carbonyl (C=O) groups is 1. The van der Waals surface area contributed by atoms with Crippen LogP contribution in [0.5, 0.6) is 0 Å². The number of carbonyl (C=O) groups excluding carboxylic acids is 1. The van der Waals surface area contributed by atoms with Gasteiger partial charge in [-0.25, -0.2) is 8.78 Å². The standard InChI is InChI=1S/C13H16F2N2O/c1-16-7-13(18)17(11-4-5-11)8-9-2-3-10(14)6-12(9)15/h2-3,6,11,16H,4-5,7-8H2,1H3. The van der Waals surface area contributed by atoms with Crippen LogP contribution in [0.3, 0.4) is 0 Å². The fraction of sp³-hybridized carbons (Fsp3) is 0.462. The maximum Gasteiger partial charge on any atom is 0.237 e. The topological polar surface area (TPSA) is 32.3 Å². The maximum absolute atomic E-state index is 13.6. The van der Waals surface area contributed by atoms with Crippen LogP contribution in [-0.4, -0.2) is 30.4 Å². The Morgan fingerprint density at radius 3 is 2.72 bits per heavy atom. The molecular weight excluding hydrogens is 238 g/mol. The van der Waals surface area contributed by atoms with Crippen molar-refractivity contribution >= 4 is 5.91 Å². The Bertz CT molecular complexity index is 447. The average molecular weight is 254 g/mol. The van der Waals surface area contributed by atoms with Crippen LogP contribution in [0, 0.1) is 11.6 Å². The monoisotopic (exact) mass is 254 g/mol. The molecule has 0 saturated heterocycles. The molecule has 5 heteroatoms. The van der Waals surface area contributed by atoms with Gasteiger partial charge in [0.15, 0.2) is 0 Å². The van der Waals surface area contributed by atoms with Crippen LogP contribution in [0.1, 0.15) is 18.4 Å². The van der Waals surface area contributed by atoms with Gasteiger partial charge >= 0.3 is 0 Å². The third-order valence-electron chi connectivity index (χ3n) is 2.99. The number of halogens is 2. The van der Waals surface area contributed by atoms with Gasteiger partial charge in [0.2, 0.25) is 5.91 Å². The quantitative estimate of drug-likeness (QED) is 0.867. The molecule has 1 amide bonds. The summed E-state index contributed by atoms with van der Waals surface area (Å²) in [6, 6.07) is 3.66. The molecule has 0 aromatic heterocycles. The molecule has 0 aliphatic heterocycles. The Hall–Kier alpha value is -1.49. The fourth-order valence-electron chi connectivity index (χ4n) is 1.89. The van der Waals surface area contributed by atoms with Gasteiger partial charge in [0.25, 0.3) is 0 Å². The molecule has 1 fully saturated rings. The van der Waals surface area contributed by atoms with Gasteiger partial charge in [-0.1, -0.05) is 6.07 Å². The summed E-state index contributed by atoms with van der Waals surface area (Å²) in [5.74, 6) is -1.25. The molecule has 1 saturated carbocycles. The molecule has 1 aromatic rings. The predicted octanol–water partition coefficient (Wildman–Crippen LogP) is 1.68. The van der Waals surface area contributed by atoms with E-state index < -0.39 is 11.6 Å².